The summed E-state index contributed by atoms with van der Waals surface area (Å²) in [6.45, 7) is 2.12. The Morgan fingerprint density at radius 1 is 1.30 bits per heavy atom. The van der Waals surface area contributed by atoms with E-state index in [9.17, 15) is 22.4 Å². The topological polar surface area (TPSA) is 68.5 Å². The lowest BCUT2D eigenvalue weighted by Gasteiger charge is -2.39. The molecule has 174 valence electrons. The number of hydrogen-bond acceptors (Lipinski definition) is 5. The zero-order valence-corrected chi connectivity index (χ0v) is 18.0. The summed E-state index contributed by atoms with van der Waals surface area (Å²) in [4.78, 5) is 22.6. The molecule has 6 nitrogen and oxygen atoms in total. The summed E-state index contributed by atoms with van der Waals surface area (Å²) in [5, 5.41) is -0.281. The molecular weight excluding hydrogens is 466 g/mol. The summed E-state index contributed by atoms with van der Waals surface area (Å²) in [5.41, 5.74) is -0.954. The number of nitrogens with zero attached hydrogens (tertiary/aromatic N) is 3. The molecular formula is C22H18ClF4N3O3. The molecule has 3 aromatic rings. The van der Waals surface area contributed by atoms with E-state index in [2.05, 4.69) is 9.97 Å². The van der Waals surface area contributed by atoms with E-state index in [0.717, 1.165) is 6.07 Å². The van der Waals surface area contributed by atoms with Crippen molar-refractivity contribution in [2.24, 2.45) is 0 Å². The Kier molecular flexibility index (Phi) is 6.29. The van der Waals surface area contributed by atoms with Gasteiger partial charge in [0.05, 0.1) is 28.9 Å². The van der Waals surface area contributed by atoms with Gasteiger partial charge < -0.3 is 14.1 Å². The molecule has 0 saturated carbocycles. The largest absolute Gasteiger partial charge is 0.471 e. The fraction of sp³-hybridized carbons (Fsp3) is 0.318. The Balaban J connectivity index is 1.57. The van der Waals surface area contributed by atoms with Crippen LogP contribution in [0.1, 0.15) is 35.7 Å². The van der Waals surface area contributed by atoms with Crippen molar-refractivity contribution < 1.29 is 31.5 Å². The van der Waals surface area contributed by atoms with E-state index in [1.54, 1.807) is 6.92 Å². The number of ether oxygens (including phenoxy) is 1. The van der Waals surface area contributed by atoms with Crippen molar-refractivity contribution >= 4 is 17.5 Å². The molecule has 33 heavy (non-hydrogen) atoms. The van der Waals surface area contributed by atoms with Crippen LogP contribution in [-0.4, -0.2) is 39.5 Å². The van der Waals surface area contributed by atoms with Crippen molar-refractivity contribution in [1.29, 1.82) is 0 Å². The number of hydrogen-bond donors (Lipinski definition) is 0. The van der Waals surface area contributed by atoms with Crippen molar-refractivity contribution in [2.75, 3.05) is 6.54 Å². The molecule has 0 unspecified atom stereocenters. The number of oxazole rings is 1. The fourth-order valence-corrected chi connectivity index (χ4v) is 3.99. The summed E-state index contributed by atoms with van der Waals surface area (Å²) in [7, 11) is 0. The van der Waals surface area contributed by atoms with Gasteiger partial charge in [0.1, 0.15) is 23.2 Å². The first-order valence-electron chi connectivity index (χ1n) is 10.1. The molecule has 0 radical (unpaired) electrons. The normalized spacial score (nSPS) is 18.9. The number of piperidine rings is 1. The van der Waals surface area contributed by atoms with Gasteiger partial charge in [0.25, 0.3) is 5.91 Å². The standard InChI is InChI=1S/C22H18ClF4N3O3/c1-12-17(33-19-15(23)10-13(11-29-19)22(25,26)27)6-3-8-30(12)21(31)14-4-2-5-16(24)18(14)20-28-7-9-32-20/h2,4-5,7,9-12,17H,3,6,8H2,1H3/t12-,17+/m0/s1. The number of pyridine rings is 1. The summed E-state index contributed by atoms with van der Waals surface area (Å²) in [6.07, 6.45) is -0.797. The molecule has 0 N–H and O–H groups in total. The number of benzene rings is 1. The number of carbonyl (C=O) groups excluding carboxylic acids is 1. The minimum atomic E-state index is -4.58. The molecule has 2 aromatic heterocycles. The van der Waals surface area contributed by atoms with E-state index >= 15 is 0 Å². The third-order valence-corrected chi connectivity index (χ3v) is 5.74. The van der Waals surface area contributed by atoms with Gasteiger partial charge in [0.2, 0.25) is 11.8 Å². The number of aromatic nitrogens is 2. The molecule has 1 aliphatic heterocycles. The van der Waals surface area contributed by atoms with Crippen molar-refractivity contribution in [3.63, 3.8) is 0 Å². The molecule has 2 atom stereocenters. The Labute approximate surface area is 191 Å². The molecule has 0 aliphatic carbocycles. The smallest absolute Gasteiger partial charge is 0.417 e. The highest BCUT2D eigenvalue weighted by atomic mass is 35.5. The summed E-state index contributed by atoms with van der Waals surface area (Å²) in [6, 6.07) is 4.36. The van der Waals surface area contributed by atoms with Gasteiger partial charge in [0.15, 0.2) is 0 Å². The third-order valence-electron chi connectivity index (χ3n) is 5.47. The van der Waals surface area contributed by atoms with Crippen LogP contribution in [0.4, 0.5) is 17.6 Å². The van der Waals surface area contributed by atoms with E-state index in [4.69, 9.17) is 20.8 Å². The summed E-state index contributed by atoms with van der Waals surface area (Å²) < 4.78 is 64.2. The molecule has 1 aromatic carbocycles. The van der Waals surface area contributed by atoms with Crippen LogP contribution in [0.15, 0.2) is 47.3 Å². The average Bonchev–Trinajstić information content (AvgIpc) is 3.29. The quantitative estimate of drug-likeness (QED) is 0.450. The number of halogens is 5. The SMILES string of the molecule is C[C@H]1[C@H](Oc2ncc(C(F)(F)F)cc2Cl)CCCN1C(=O)c1cccc(F)c1-c1ncco1. The van der Waals surface area contributed by atoms with Crippen LogP contribution in [0, 0.1) is 5.82 Å². The predicted octanol–water partition coefficient (Wildman–Crippen LogP) is 5.62. The van der Waals surface area contributed by atoms with Crippen LogP contribution >= 0.6 is 11.6 Å². The Morgan fingerprint density at radius 2 is 2.09 bits per heavy atom. The van der Waals surface area contributed by atoms with Gasteiger partial charge in [-0.15, -0.1) is 0 Å². The summed E-state index contributed by atoms with van der Waals surface area (Å²) >= 11 is 5.97. The van der Waals surface area contributed by atoms with Gasteiger partial charge >= 0.3 is 6.18 Å². The monoisotopic (exact) mass is 483 g/mol. The first-order chi connectivity index (χ1) is 15.7. The van der Waals surface area contributed by atoms with Gasteiger partial charge in [0, 0.05) is 12.7 Å². The third kappa shape index (κ3) is 4.66. The Hall–Kier alpha value is -3.14. The second-order valence-electron chi connectivity index (χ2n) is 7.55. The van der Waals surface area contributed by atoms with Crippen LogP contribution in [0.25, 0.3) is 11.5 Å². The zero-order chi connectivity index (χ0) is 23.8. The highest BCUT2D eigenvalue weighted by Gasteiger charge is 2.36. The molecule has 1 saturated heterocycles. The molecule has 11 heteroatoms. The van der Waals surface area contributed by atoms with Crippen LogP contribution in [0.5, 0.6) is 5.88 Å². The number of carbonyl (C=O) groups is 1. The molecule has 4 rings (SSSR count). The minimum Gasteiger partial charge on any atom is -0.471 e. The van der Waals surface area contributed by atoms with Gasteiger partial charge in [-0.2, -0.15) is 13.2 Å². The van der Waals surface area contributed by atoms with Crippen molar-refractivity contribution in [1.82, 2.24) is 14.9 Å². The minimum absolute atomic E-state index is 0.0188. The van der Waals surface area contributed by atoms with Crippen molar-refractivity contribution in [2.45, 2.75) is 38.1 Å². The molecule has 1 fully saturated rings. The lowest BCUT2D eigenvalue weighted by atomic mass is 9.97. The second-order valence-corrected chi connectivity index (χ2v) is 7.95. The maximum atomic E-state index is 14.6. The highest BCUT2D eigenvalue weighted by molar-refractivity contribution is 6.31. The molecule has 3 heterocycles. The van der Waals surface area contributed by atoms with E-state index in [-0.39, 0.29) is 27.9 Å². The average molecular weight is 484 g/mol. The Morgan fingerprint density at radius 3 is 2.76 bits per heavy atom. The van der Waals surface area contributed by atoms with Crippen LogP contribution < -0.4 is 4.74 Å². The highest BCUT2D eigenvalue weighted by Crippen LogP contribution is 2.35. The number of amides is 1. The van der Waals surface area contributed by atoms with Gasteiger partial charge in [-0.3, -0.25) is 4.79 Å². The van der Waals surface area contributed by atoms with Gasteiger partial charge in [-0.1, -0.05) is 17.7 Å². The maximum Gasteiger partial charge on any atom is 0.417 e. The van der Waals surface area contributed by atoms with E-state index < -0.39 is 35.6 Å². The zero-order valence-electron chi connectivity index (χ0n) is 17.3. The van der Waals surface area contributed by atoms with Crippen molar-refractivity contribution in [3.05, 3.63) is 64.9 Å². The number of likely N-dealkylation sites (tertiary alicyclic amines) is 1. The number of alkyl halides is 3. The maximum absolute atomic E-state index is 14.6. The molecule has 1 amide bonds. The Bertz CT molecular complexity index is 1150. The second kappa shape index (κ2) is 9.01. The fourth-order valence-electron chi connectivity index (χ4n) is 3.78. The first kappa shape index (κ1) is 23.0. The van der Waals surface area contributed by atoms with Crippen LogP contribution in [0.3, 0.4) is 0 Å². The van der Waals surface area contributed by atoms with Crippen LogP contribution in [0.2, 0.25) is 5.02 Å². The van der Waals surface area contributed by atoms with E-state index in [0.29, 0.717) is 25.6 Å². The van der Waals surface area contributed by atoms with Crippen LogP contribution in [-0.2, 0) is 6.18 Å². The van der Waals surface area contributed by atoms with Crippen molar-refractivity contribution in [3.8, 4) is 17.3 Å². The first-order valence-corrected chi connectivity index (χ1v) is 10.4. The molecule has 0 bridgehead atoms. The lowest BCUT2D eigenvalue weighted by molar-refractivity contribution is -0.137. The van der Waals surface area contributed by atoms with E-state index in [1.807, 2.05) is 0 Å². The number of rotatable bonds is 4. The predicted molar refractivity (Wildman–Crippen MR) is 110 cm³/mol. The van der Waals surface area contributed by atoms with E-state index in [1.165, 1.54) is 35.6 Å². The molecule has 1 aliphatic rings. The van der Waals surface area contributed by atoms with Gasteiger partial charge in [-0.25, -0.2) is 14.4 Å². The van der Waals surface area contributed by atoms with Gasteiger partial charge in [-0.05, 0) is 38.0 Å². The molecule has 0 spiro atoms. The lowest BCUT2D eigenvalue weighted by Crippen LogP contribution is -2.51. The summed E-state index contributed by atoms with van der Waals surface area (Å²) in [5.74, 6) is -1.27.